The molecule has 1 saturated carbocycles. The number of likely N-dealkylation sites (N-methyl/N-ethyl adjacent to an activating group) is 1. The van der Waals surface area contributed by atoms with Gasteiger partial charge in [0.2, 0.25) is 0 Å². The van der Waals surface area contributed by atoms with Gasteiger partial charge in [0.15, 0.2) is 0 Å². The Labute approximate surface area is 164 Å². The number of rotatable bonds is 8. The van der Waals surface area contributed by atoms with E-state index in [0.29, 0.717) is 19.0 Å². The molecule has 2 aliphatic rings. The number of aliphatic carboxylic acids is 1. The molecule has 1 aliphatic heterocycles. The lowest BCUT2D eigenvalue weighted by atomic mass is 9.85. The van der Waals surface area contributed by atoms with Gasteiger partial charge in [0.1, 0.15) is 5.82 Å². The number of benzene rings is 1. The van der Waals surface area contributed by atoms with Crippen molar-refractivity contribution in [3.63, 3.8) is 0 Å². The van der Waals surface area contributed by atoms with Gasteiger partial charge in [0, 0.05) is 37.4 Å². The minimum absolute atomic E-state index is 0.0479. The lowest BCUT2D eigenvalue weighted by molar-refractivity contribution is -0.139. The van der Waals surface area contributed by atoms with Crippen molar-refractivity contribution in [2.45, 2.75) is 38.3 Å². The lowest BCUT2D eigenvalue weighted by Crippen LogP contribution is -2.56. The zero-order valence-electron chi connectivity index (χ0n) is 16.2. The number of anilines is 1. The van der Waals surface area contributed by atoms with Crippen LogP contribution in [0.25, 0.3) is 0 Å². The average molecular weight is 392 g/mol. The predicted octanol–water partition coefficient (Wildman–Crippen LogP) is 1.89. The maximum Gasteiger partial charge on any atom is 0.317 e. The van der Waals surface area contributed by atoms with Crippen molar-refractivity contribution < 1.29 is 19.1 Å². The smallest absolute Gasteiger partial charge is 0.317 e. The fourth-order valence-electron chi connectivity index (χ4n) is 4.04. The number of hydrogen-bond donors (Lipinski definition) is 3. The maximum atomic E-state index is 13.0. The number of carbonyl (C=O) groups excluding carboxylic acids is 1. The highest BCUT2D eigenvalue weighted by Crippen LogP contribution is 2.26. The summed E-state index contributed by atoms with van der Waals surface area (Å²) >= 11 is 0. The third-order valence-corrected chi connectivity index (χ3v) is 5.74. The number of carbonyl (C=O) groups is 2. The number of carboxylic acid groups (broad SMARTS) is 1. The molecule has 2 amide bonds. The van der Waals surface area contributed by atoms with E-state index in [-0.39, 0.29) is 30.5 Å². The van der Waals surface area contributed by atoms with Crippen molar-refractivity contribution in [2.24, 2.45) is 5.92 Å². The average Bonchev–Trinajstić information content (AvgIpc) is 3.10. The van der Waals surface area contributed by atoms with Crippen LogP contribution in [0.1, 0.15) is 26.2 Å². The first kappa shape index (κ1) is 20.4. The Morgan fingerprint density at radius 3 is 2.64 bits per heavy atom. The molecular weight excluding hydrogens is 363 g/mol. The number of nitrogens with zero attached hydrogens (tertiary/aromatic N) is 2. The molecule has 1 aromatic carbocycles. The largest absolute Gasteiger partial charge is 0.480 e. The second-order valence-corrected chi connectivity index (χ2v) is 7.71. The molecule has 28 heavy (non-hydrogen) atoms. The monoisotopic (exact) mass is 392 g/mol. The van der Waals surface area contributed by atoms with E-state index < -0.39 is 5.97 Å². The van der Waals surface area contributed by atoms with Crippen molar-refractivity contribution in [3.05, 3.63) is 30.1 Å². The minimum Gasteiger partial charge on any atom is -0.480 e. The topological polar surface area (TPSA) is 84.9 Å². The highest BCUT2D eigenvalue weighted by atomic mass is 19.1. The first-order valence-corrected chi connectivity index (χ1v) is 9.95. The molecular formula is C20H29FN4O3. The molecule has 0 bridgehead atoms. The molecule has 7 nitrogen and oxygen atoms in total. The number of nitrogens with one attached hydrogen (secondary N) is 2. The first-order chi connectivity index (χ1) is 13.4. The van der Waals surface area contributed by atoms with Gasteiger partial charge in [-0.2, -0.15) is 0 Å². The Hall–Kier alpha value is -2.35. The van der Waals surface area contributed by atoms with Crippen molar-refractivity contribution >= 4 is 17.7 Å². The van der Waals surface area contributed by atoms with Crippen LogP contribution in [-0.4, -0.2) is 66.8 Å². The number of amides is 2. The SMILES string of the molecule is CCN(CC(=O)O)C1CC(NC(=O)NCC2CCN(c3ccc(F)cc3)C2)C1. The van der Waals surface area contributed by atoms with E-state index in [0.717, 1.165) is 38.0 Å². The zero-order valence-corrected chi connectivity index (χ0v) is 16.2. The molecule has 154 valence electrons. The molecule has 3 rings (SSSR count). The molecule has 1 aliphatic carbocycles. The molecule has 2 fully saturated rings. The molecule has 3 N–H and O–H groups in total. The third kappa shape index (κ3) is 5.34. The molecule has 0 aromatic heterocycles. The summed E-state index contributed by atoms with van der Waals surface area (Å²) in [6, 6.07) is 6.68. The van der Waals surface area contributed by atoms with Crippen LogP contribution in [0.4, 0.5) is 14.9 Å². The van der Waals surface area contributed by atoms with Gasteiger partial charge in [0.25, 0.3) is 0 Å². The number of hydrogen-bond acceptors (Lipinski definition) is 4. The fourth-order valence-corrected chi connectivity index (χ4v) is 4.04. The van der Waals surface area contributed by atoms with Crippen LogP contribution in [0.3, 0.4) is 0 Å². The maximum absolute atomic E-state index is 13.0. The number of carboxylic acids is 1. The standard InChI is InChI=1S/C20H29FN4O3/c1-2-24(13-19(26)27)18-9-16(10-18)23-20(28)22-11-14-7-8-25(12-14)17-5-3-15(21)4-6-17/h3-6,14,16,18H,2,7-13H2,1H3,(H,26,27)(H2,22,23,28). The van der Waals surface area contributed by atoms with Crippen LogP contribution >= 0.6 is 0 Å². The van der Waals surface area contributed by atoms with Gasteiger partial charge in [-0.1, -0.05) is 6.92 Å². The summed E-state index contributed by atoms with van der Waals surface area (Å²) in [5, 5.41) is 14.9. The summed E-state index contributed by atoms with van der Waals surface area (Å²) in [5.41, 5.74) is 1.01. The minimum atomic E-state index is -0.817. The van der Waals surface area contributed by atoms with E-state index in [9.17, 15) is 14.0 Å². The summed E-state index contributed by atoms with van der Waals surface area (Å²) < 4.78 is 13.0. The normalized spacial score (nSPS) is 24.1. The summed E-state index contributed by atoms with van der Waals surface area (Å²) in [7, 11) is 0. The van der Waals surface area contributed by atoms with Gasteiger partial charge in [-0.3, -0.25) is 9.69 Å². The van der Waals surface area contributed by atoms with Crippen molar-refractivity contribution in [2.75, 3.05) is 37.6 Å². The molecule has 0 spiro atoms. The van der Waals surface area contributed by atoms with E-state index in [1.54, 1.807) is 12.1 Å². The summed E-state index contributed by atoms with van der Waals surface area (Å²) in [6.45, 7) is 5.06. The van der Waals surface area contributed by atoms with Gasteiger partial charge in [0.05, 0.1) is 6.54 Å². The molecule has 0 radical (unpaired) electrons. The van der Waals surface area contributed by atoms with Crippen LogP contribution < -0.4 is 15.5 Å². The third-order valence-electron chi connectivity index (χ3n) is 5.74. The fraction of sp³-hybridized carbons (Fsp3) is 0.600. The predicted molar refractivity (Wildman–Crippen MR) is 105 cm³/mol. The van der Waals surface area contributed by atoms with Crippen LogP contribution in [-0.2, 0) is 4.79 Å². The van der Waals surface area contributed by atoms with Crippen molar-refractivity contribution in [1.82, 2.24) is 15.5 Å². The Morgan fingerprint density at radius 1 is 1.29 bits per heavy atom. The zero-order chi connectivity index (χ0) is 20.1. The molecule has 1 heterocycles. The Kier molecular flexibility index (Phi) is 6.72. The van der Waals surface area contributed by atoms with E-state index in [4.69, 9.17) is 5.11 Å². The summed E-state index contributed by atoms with van der Waals surface area (Å²) in [4.78, 5) is 27.1. The molecule has 1 aromatic rings. The quantitative estimate of drug-likeness (QED) is 0.629. The molecule has 1 unspecified atom stereocenters. The Balaban J connectivity index is 1.33. The Morgan fingerprint density at radius 2 is 2.00 bits per heavy atom. The van der Waals surface area contributed by atoms with Gasteiger partial charge in [-0.15, -0.1) is 0 Å². The van der Waals surface area contributed by atoms with Gasteiger partial charge >= 0.3 is 12.0 Å². The first-order valence-electron chi connectivity index (χ1n) is 9.95. The van der Waals surface area contributed by atoms with E-state index in [1.807, 2.05) is 11.8 Å². The molecule has 1 atom stereocenters. The lowest BCUT2D eigenvalue weighted by Gasteiger charge is -2.42. The van der Waals surface area contributed by atoms with E-state index in [1.165, 1.54) is 12.1 Å². The van der Waals surface area contributed by atoms with Gasteiger partial charge in [-0.25, -0.2) is 9.18 Å². The second-order valence-electron chi connectivity index (χ2n) is 7.71. The van der Waals surface area contributed by atoms with Crippen LogP contribution in [0.15, 0.2) is 24.3 Å². The highest BCUT2D eigenvalue weighted by Gasteiger charge is 2.34. The molecule has 8 heteroatoms. The van der Waals surface area contributed by atoms with Crippen molar-refractivity contribution in [1.29, 1.82) is 0 Å². The van der Waals surface area contributed by atoms with Crippen LogP contribution in [0.5, 0.6) is 0 Å². The Bertz CT molecular complexity index is 679. The number of urea groups is 1. The van der Waals surface area contributed by atoms with Crippen LogP contribution in [0, 0.1) is 11.7 Å². The van der Waals surface area contributed by atoms with E-state index in [2.05, 4.69) is 15.5 Å². The van der Waals surface area contributed by atoms with Crippen molar-refractivity contribution in [3.8, 4) is 0 Å². The van der Waals surface area contributed by atoms with Crippen LogP contribution in [0.2, 0.25) is 0 Å². The second kappa shape index (κ2) is 9.23. The highest BCUT2D eigenvalue weighted by molar-refractivity contribution is 5.74. The summed E-state index contributed by atoms with van der Waals surface area (Å²) in [5.74, 6) is -0.681. The number of halogens is 1. The van der Waals surface area contributed by atoms with Gasteiger partial charge < -0.3 is 20.6 Å². The summed E-state index contributed by atoms with van der Waals surface area (Å²) in [6.07, 6.45) is 2.57. The van der Waals surface area contributed by atoms with E-state index >= 15 is 0 Å². The van der Waals surface area contributed by atoms with Gasteiger partial charge in [-0.05, 0) is 56.0 Å². The molecule has 1 saturated heterocycles.